The van der Waals surface area contributed by atoms with Gasteiger partial charge in [0.05, 0.1) is 0 Å². The number of rotatable bonds is 8. The van der Waals surface area contributed by atoms with Crippen molar-refractivity contribution in [2.75, 3.05) is 26.2 Å². The van der Waals surface area contributed by atoms with Crippen molar-refractivity contribution in [2.45, 2.75) is 58.9 Å². The molecular formula is C14H31N3O2S. The highest BCUT2D eigenvalue weighted by molar-refractivity contribution is 7.86. The SMILES string of the molecule is CCCCCN(C(C)C)S(=O)(=O)N1CCCC(CN)C1. The average Bonchev–Trinajstić information content (AvgIpc) is 2.43. The molecule has 0 radical (unpaired) electrons. The predicted octanol–water partition coefficient (Wildman–Crippen LogP) is 1.80. The first-order valence-corrected chi connectivity index (χ1v) is 9.30. The van der Waals surface area contributed by atoms with Gasteiger partial charge >= 0.3 is 0 Å². The molecule has 1 aliphatic rings. The fourth-order valence-electron chi connectivity index (χ4n) is 2.73. The molecule has 0 aliphatic carbocycles. The number of hydrogen-bond donors (Lipinski definition) is 1. The van der Waals surface area contributed by atoms with Gasteiger partial charge in [-0.1, -0.05) is 19.8 Å². The molecule has 0 aromatic heterocycles. The van der Waals surface area contributed by atoms with Crippen LogP contribution in [0.2, 0.25) is 0 Å². The highest BCUT2D eigenvalue weighted by Gasteiger charge is 2.34. The van der Waals surface area contributed by atoms with E-state index in [1.54, 1.807) is 8.61 Å². The van der Waals surface area contributed by atoms with Crippen LogP contribution in [0.25, 0.3) is 0 Å². The lowest BCUT2D eigenvalue weighted by atomic mass is 10.0. The van der Waals surface area contributed by atoms with Gasteiger partial charge in [-0.05, 0) is 45.6 Å². The van der Waals surface area contributed by atoms with E-state index in [9.17, 15) is 8.42 Å². The monoisotopic (exact) mass is 305 g/mol. The van der Waals surface area contributed by atoms with Gasteiger partial charge < -0.3 is 5.73 Å². The van der Waals surface area contributed by atoms with Crippen LogP contribution in [-0.2, 0) is 10.2 Å². The van der Waals surface area contributed by atoms with Crippen LogP contribution in [0.3, 0.4) is 0 Å². The Morgan fingerprint density at radius 1 is 1.35 bits per heavy atom. The molecule has 6 heteroatoms. The summed E-state index contributed by atoms with van der Waals surface area (Å²) < 4.78 is 28.9. The van der Waals surface area contributed by atoms with Gasteiger partial charge in [-0.25, -0.2) is 0 Å². The lowest BCUT2D eigenvalue weighted by molar-refractivity contribution is 0.239. The summed E-state index contributed by atoms with van der Waals surface area (Å²) in [4.78, 5) is 0. The lowest BCUT2D eigenvalue weighted by Crippen LogP contribution is -2.51. The molecule has 1 atom stereocenters. The Bertz CT molecular complexity index is 371. The number of hydrogen-bond acceptors (Lipinski definition) is 3. The van der Waals surface area contributed by atoms with Crippen LogP contribution in [0, 0.1) is 5.92 Å². The van der Waals surface area contributed by atoms with Crippen LogP contribution in [0.5, 0.6) is 0 Å². The average molecular weight is 305 g/mol. The van der Waals surface area contributed by atoms with E-state index >= 15 is 0 Å². The topological polar surface area (TPSA) is 66.6 Å². The molecule has 0 spiro atoms. The van der Waals surface area contributed by atoms with Gasteiger partial charge in [-0.2, -0.15) is 17.0 Å². The number of nitrogens with two attached hydrogens (primary N) is 1. The second kappa shape index (κ2) is 8.32. The summed E-state index contributed by atoms with van der Waals surface area (Å²) in [6.45, 7) is 8.44. The van der Waals surface area contributed by atoms with Crippen LogP contribution >= 0.6 is 0 Å². The van der Waals surface area contributed by atoms with Crippen molar-refractivity contribution in [3.8, 4) is 0 Å². The van der Waals surface area contributed by atoms with Crippen molar-refractivity contribution in [3.05, 3.63) is 0 Å². The predicted molar refractivity (Wildman–Crippen MR) is 83.6 cm³/mol. The summed E-state index contributed by atoms with van der Waals surface area (Å²) >= 11 is 0. The van der Waals surface area contributed by atoms with Gasteiger partial charge in [-0.15, -0.1) is 0 Å². The van der Waals surface area contributed by atoms with Gasteiger partial charge in [0, 0.05) is 25.7 Å². The zero-order valence-electron chi connectivity index (χ0n) is 13.2. The first kappa shape index (κ1) is 17.9. The highest BCUT2D eigenvalue weighted by atomic mass is 32.2. The minimum Gasteiger partial charge on any atom is -0.330 e. The zero-order valence-corrected chi connectivity index (χ0v) is 14.0. The number of nitrogens with zero attached hydrogens (tertiary/aromatic N) is 2. The Balaban J connectivity index is 2.75. The molecule has 1 unspecified atom stereocenters. The summed E-state index contributed by atoms with van der Waals surface area (Å²) in [6, 6.07) is 0.00936. The van der Waals surface area contributed by atoms with Crippen LogP contribution < -0.4 is 5.73 Å². The number of unbranched alkanes of at least 4 members (excludes halogenated alkanes) is 2. The summed E-state index contributed by atoms with van der Waals surface area (Å²) in [7, 11) is -3.34. The molecule has 1 heterocycles. The van der Waals surface area contributed by atoms with Crippen LogP contribution in [0.4, 0.5) is 0 Å². The lowest BCUT2D eigenvalue weighted by Gasteiger charge is -2.36. The Kier molecular flexibility index (Phi) is 7.43. The molecule has 1 rings (SSSR count). The van der Waals surface area contributed by atoms with Crippen LogP contribution in [-0.4, -0.2) is 49.2 Å². The first-order valence-electron chi connectivity index (χ1n) is 7.90. The maximum atomic E-state index is 12.8. The van der Waals surface area contributed by atoms with E-state index in [4.69, 9.17) is 5.73 Å². The molecule has 120 valence electrons. The van der Waals surface area contributed by atoms with E-state index in [0.717, 1.165) is 32.1 Å². The largest absolute Gasteiger partial charge is 0.330 e. The van der Waals surface area contributed by atoms with E-state index in [1.165, 1.54) is 0 Å². The number of piperidine rings is 1. The molecule has 5 nitrogen and oxygen atoms in total. The molecule has 20 heavy (non-hydrogen) atoms. The molecule has 0 aromatic rings. The van der Waals surface area contributed by atoms with Crippen LogP contribution in [0.1, 0.15) is 52.9 Å². The maximum Gasteiger partial charge on any atom is 0.282 e. The smallest absolute Gasteiger partial charge is 0.282 e. The Morgan fingerprint density at radius 3 is 2.60 bits per heavy atom. The third-order valence-electron chi connectivity index (χ3n) is 4.00. The first-order chi connectivity index (χ1) is 9.43. The third kappa shape index (κ3) is 4.69. The van der Waals surface area contributed by atoms with E-state index < -0.39 is 10.2 Å². The molecule has 0 bridgehead atoms. The van der Waals surface area contributed by atoms with Gasteiger partial charge in [0.1, 0.15) is 0 Å². The van der Waals surface area contributed by atoms with Gasteiger partial charge in [0.15, 0.2) is 0 Å². The summed E-state index contributed by atoms with van der Waals surface area (Å²) in [5.41, 5.74) is 5.71. The van der Waals surface area contributed by atoms with Gasteiger partial charge in [-0.3, -0.25) is 0 Å². The maximum absolute atomic E-state index is 12.8. The quantitative estimate of drug-likeness (QED) is 0.695. The second-order valence-corrected chi connectivity index (χ2v) is 7.90. The molecule has 0 amide bonds. The summed E-state index contributed by atoms with van der Waals surface area (Å²) in [6.07, 6.45) is 5.07. The van der Waals surface area contributed by atoms with Crippen molar-refractivity contribution in [1.82, 2.24) is 8.61 Å². The second-order valence-electron chi connectivity index (χ2n) is 6.02. The molecule has 0 saturated carbocycles. The Hall–Kier alpha value is -0.170. The van der Waals surface area contributed by atoms with Crippen molar-refractivity contribution in [3.63, 3.8) is 0 Å². The standard InChI is InChI=1S/C14H31N3O2S/c1-4-5-6-10-17(13(2)3)20(18,19)16-9-7-8-14(11-15)12-16/h13-14H,4-12,15H2,1-3H3. The fourth-order valence-corrected chi connectivity index (χ4v) is 4.68. The molecule has 1 fully saturated rings. The molecular weight excluding hydrogens is 274 g/mol. The minimum absolute atomic E-state index is 0.00936. The van der Waals surface area contributed by atoms with Crippen LogP contribution in [0.15, 0.2) is 0 Å². The van der Waals surface area contributed by atoms with E-state index in [1.807, 2.05) is 13.8 Å². The summed E-state index contributed by atoms with van der Waals surface area (Å²) in [5, 5.41) is 0. The third-order valence-corrected chi connectivity index (χ3v) is 6.18. The molecule has 0 aromatic carbocycles. The minimum atomic E-state index is -3.34. The van der Waals surface area contributed by atoms with Crippen molar-refractivity contribution >= 4 is 10.2 Å². The summed E-state index contributed by atoms with van der Waals surface area (Å²) in [5.74, 6) is 0.308. The van der Waals surface area contributed by atoms with E-state index in [-0.39, 0.29) is 6.04 Å². The molecule has 1 aliphatic heterocycles. The Morgan fingerprint density at radius 2 is 2.05 bits per heavy atom. The van der Waals surface area contributed by atoms with Crippen molar-refractivity contribution in [2.24, 2.45) is 11.7 Å². The van der Waals surface area contributed by atoms with Gasteiger partial charge in [0.2, 0.25) is 0 Å². The van der Waals surface area contributed by atoms with E-state index in [2.05, 4.69) is 6.92 Å². The Labute approximate surface area is 124 Å². The molecule has 2 N–H and O–H groups in total. The van der Waals surface area contributed by atoms with Crippen molar-refractivity contribution in [1.29, 1.82) is 0 Å². The molecule has 1 saturated heterocycles. The van der Waals surface area contributed by atoms with Crippen molar-refractivity contribution < 1.29 is 8.42 Å². The zero-order chi connectivity index (χ0) is 15.2. The highest BCUT2D eigenvalue weighted by Crippen LogP contribution is 2.22. The van der Waals surface area contributed by atoms with Gasteiger partial charge in [0.25, 0.3) is 10.2 Å². The fraction of sp³-hybridized carbons (Fsp3) is 1.00. The van der Waals surface area contributed by atoms with E-state index in [0.29, 0.717) is 32.1 Å². The normalized spacial score (nSPS) is 21.8.